The SMILES string of the molecule is O=CC[CH]CC1CO1. The van der Waals surface area contributed by atoms with Gasteiger partial charge in [0.15, 0.2) is 0 Å². The van der Waals surface area contributed by atoms with Crippen LogP contribution >= 0.6 is 0 Å². The highest BCUT2D eigenvalue weighted by molar-refractivity contribution is 5.50. The molecule has 1 rings (SSSR count). The Kier molecular flexibility index (Phi) is 2.03. The van der Waals surface area contributed by atoms with Gasteiger partial charge >= 0.3 is 0 Å². The fourth-order valence-corrected chi connectivity index (χ4v) is 0.554. The quantitative estimate of drug-likeness (QED) is 0.303. The Morgan fingerprint density at radius 1 is 1.75 bits per heavy atom. The van der Waals surface area contributed by atoms with Gasteiger partial charge in [-0.15, -0.1) is 0 Å². The third-order valence-corrected chi connectivity index (χ3v) is 1.09. The second-order valence-corrected chi connectivity index (χ2v) is 1.88. The van der Waals surface area contributed by atoms with Crippen LogP contribution in [0.3, 0.4) is 0 Å². The molecule has 0 N–H and O–H groups in total. The monoisotopic (exact) mass is 113 g/mol. The highest BCUT2D eigenvalue weighted by Crippen LogP contribution is 2.14. The number of carbonyl (C=O) groups is 1. The van der Waals surface area contributed by atoms with Crippen LogP contribution in [-0.4, -0.2) is 19.0 Å². The van der Waals surface area contributed by atoms with E-state index in [2.05, 4.69) is 0 Å². The predicted octanol–water partition coefficient (Wildman–Crippen LogP) is 0.569. The van der Waals surface area contributed by atoms with Crippen molar-refractivity contribution in [3.05, 3.63) is 6.42 Å². The summed E-state index contributed by atoms with van der Waals surface area (Å²) in [5.41, 5.74) is 0. The summed E-state index contributed by atoms with van der Waals surface area (Å²) in [7, 11) is 0. The van der Waals surface area contributed by atoms with Crippen molar-refractivity contribution < 1.29 is 9.53 Å². The molecule has 1 heterocycles. The molecule has 1 atom stereocenters. The first-order valence-corrected chi connectivity index (χ1v) is 2.80. The molecule has 0 saturated carbocycles. The molecule has 1 unspecified atom stereocenters. The molecular weight excluding hydrogens is 104 g/mol. The van der Waals surface area contributed by atoms with Crippen LogP contribution in [0.15, 0.2) is 0 Å². The van der Waals surface area contributed by atoms with Crippen molar-refractivity contribution >= 4 is 6.29 Å². The van der Waals surface area contributed by atoms with Gasteiger partial charge in [-0.2, -0.15) is 0 Å². The van der Waals surface area contributed by atoms with E-state index in [1.165, 1.54) is 0 Å². The van der Waals surface area contributed by atoms with Crippen LogP contribution in [0.25, 0.3) is 0 Å². The lowest BCUT2D eigenvalue weighted by Crippen LogP contribution is -1.85. The van der Waals surface area contributed by atoms with Crippen LogP contribution in [0.4, 0.5) is 0 Å². The van der Waals surface area contributed by atoms with Gasteiger partial charge in [-0.25, -0.2) is 0 Å². The van der Waals surface area contributed by atoms with Gasteiger partial charge in [0.2, 0.25) is 0 Å². The molecule has 8 heavy (non-hydrogen) atoms. The first kappa shape index (κ1) is 5.76. The molecule has 2 nitrogen and oxygen atoms in total. The topological polar surface area (TPSA) is 29.6 Å². The summed E-state index contributed by atoms with van der Waals surface area (Å²) in [5, 5.41) is 0. The fraction of sp³-hybridized carbons (Fsp3) is 0.667. The van der Waals surface area contributed by atoms with Crippen molar-refractivity contribution in [1.82, 2.24) is 0 Å². The van der Waals surface area contributed by atoms with E-state index in [4.69, 9.17) is 4.74 Å². The largest absolute Gasteiger partial charge is 0.373 e. The normalized spacial score (nSPS) is 25.2. The number of ether oxygens (including phenoxy) is 1. The standard InChI is InChI=1S/C6H9O2/c7-4-2-1-3-6-5-8-6/h1,4,6H,2-3,5H2. The van der Waals surface area contributed by atoms with Crippen LogP contribution < -0.4 is 0 Å². The molecule has 0 amide bonds. The van der Waals surface area contributed by atoms with Gasteiger partial charge < -0.3 is 9.53 Å². The van der Waals surface area contributed by atoms with Gasteiger partial charge in [0.25, 0.3) is 0 Å². The van der Waals surface area contributed by atoms with Gasteiger partial charge in [0.1, 0.15) is 6.29 Å². The van der Waals surface area contributed by atoms with Crippen LogP contribution in [0, 0.1) is 6.42 Å². The molecule has 0 aromatic heterocycles. The van der Waals surface area contributed by atoms with Gasteiger partial charge in [-0.05, 0) is 12.8 Å². The lowest BCUT2D eigenvalue weighted by Gasteiger charge is -1.85. The number of rotatable bonds is 4. The fourth-order valence-electron chi connectivity index (χ4n) is 0.554. The van der Waals surface area contributed by atoms with E-state index in [1.54, 1.807) is 0 Å². The minimum Gasteiger partial charge on any atom is -0.373 e. The second kappa shape index (κ2) is 2.82. The van der Waals surface area contributed by atoms with Crippen molar-refractivity contribution in [2.75, 3.05) is 6.61 Å². The first-order chi connectivity index (χ1) is 3.93. The zero-order valence-electron chi connectivity index (χ0n) is 4.67. The Morgan fingerprint density at radius 3 is 3.00 bits per heavy atom. The molecule has 1 radical (unpaired) electrons. The minimum absolute atomic E-state index is 0.440. The van der Waals surface area contributed by atoms with E-state index < -0.39 is 0 Å². The Bertz CT molecular complexity index is 76.6. The van der Waals surface area contributed by atoms with Gasteiger partial charge in [0.05, 0.1) is 12.7 Å². The summed E-state index contributed by atoms with van der Waals surface area (Å²) in [5.74, 6) is 0. The van der Waals surface area contributed by atoms with Gasteiger partial charge in [-0.1, -0.05) is 0 Å². The van der Waals surface area contributed by atoms with E-state index >= 15 is 0 Å². The Hall–Kier alpha value is -0.370. The summed E-state index contributed by atoms with van der Waals surface area (Å²) in [6.45, 7) is 0.884. The Labute approximate surface area is 48.8 Å². The third-order valence-electron chi connectivity index (χ3n) is 1.09. The highest BCUT2D eigenvalue weighted by atomic mass is 16.6. The molecule has 1 aliphatic heterocycles. The molecule has 0 bridgehead atoms. The summed E-state index contributed by atoms with van der Waals surface area (Å²) < 4.78 is 4.91. The Balaban J connectivity index is 1.80. The summed E-state index contributed by atoms with van der Waals surface area (Å²) in [4.78, 5) is 9.73. The summed E-state index contributed by atoms with van der Waals surface area (Å²) in [6, 6.07) is 0. The maximum absolute atomic E-state index is 9.73. The van der Waals surface area contributed by atoms with E-state index in [9.17, 15) is 4.79 Å². The van der Waals surface area contributed by atoms with E-state index in [0.717, 1.165) is 19.3 Å². The van der Waals surface area contributed by atoms with E-state index in [-0.39, 0.29) is 0 Å². The van der Waals surface area contributed by atoms with Crippen molar-refractivity contribution in [2.45, 2.75) is 18.9 Å². The third kappa shape index (κ3) is 2.07. The van der Waals surface area contributed by atoms with Crippen molar-refractivity contribution in [2.24, 2.45) is 0 Å². The van der Waals surface area contributed by atoms with Crippen LogP contribution in [0.5, 0.6) is 0 Å². The van der Waals surface area contributed by atoms with Gasteiger partial charge in [-0.3, -0.25) is 0 Å². The van der Waals surface area contributed by atoms with Crippen molar-refractivity contribution in [3.63, 3.8) is 0 Å². The van der Waals surface area contributed by atoms with Crippen LogP contribution in [-0.2, 0) is 9.53 Å². The number of carbonyl (C=O) groups excluding carboxylic acids is 1. The van der Waals surface area contributed by atoms with Crippen LogP contribution in [0.1, 0.15) is 12.8 Å². The molecule has 0 aliphatic carbocycles. The number of hydrogen-bond acceptors (Lipinski definition) is 2. The zero-order chi connectivity index (χ0) is 5.82. The smallest absolute Gasteiger partial charge is 0.120 e. The summed E-state index contributed by atoms with van der Waals surface area (Å²) >= 11 is 0. The first-order valence-electron chi connectivity index (χ1n) is 2.80. The average molecular weight is 113 g/mol. The lowest BCUT2D eigenvalue weighted by atomic mass is 10.2. The molecule has 45 valence electrons. The lowest BCUT2D eigenvalue weighted by molar-refractivity contribution is -0.107. The Morgan fingerprint density at radius 2 is 2.50 bits per heavy atom. The second-order valence-electron chi connectivity index (χ2n) is 1.88. The van der Waals surface area contributed by atoms with Crippen LogP contribution in [0.2, 0.25) is 0 Å². The highest BCUT2D eigenvalue weighted by Gasteiger charge is 2.20. The molecule has 1 fully saturated rings. The number of aldehydes is 1. The molecule has 0 spiro atoms. The minimum atomic E-state index is 0.440. The molecule has 1 aliphatic rings. The van der Waals surface area contributed by atoms with E-state index in [0.29, 0.717) is 12.5 Å². The van der Waals surface area contributed by atoms with E-state index in [1.807, 2.05) is 6.42 Å². The zero-order valence-corrected chi connectivity index (χ0v) is 4.67. The van der Waals surface area contributed by atoms with Gasteiger partial charge in [0, 0.05) is 6.42 Å². The number of hydrogen-bond donors (Lipinski definition) is 0. The number of unbranched alkanes of at least 4 members (excludes halogenated alkanes) is 1. The molecule has 2 heteroatoms. The molecule has 1 saturated heterocycles. The molecule has 0 aromatic carbocycles. The average Bonchev–Trinajstić information content (AvgIpc) is 2.51. The maximum atomic E-state index is 9.73. The van der Waals surface area contributed by atoms with Crippen molar-refractivity contribution in [1.29, 1.82) is 0 Å². The number of epoxide rings is 1. The molecular formula is C6H9O2. The summed E-state index contributed by atoms with van der Waals surface area (Å²) in [6.07, 6.45) is 4.81. The predicted molar refractivity (Wildman–Crippen MR) is 29.3 cm³/mol. The van der Waals surface area contributed by atoms with Crippen molar-refractivity contribution in [3.8, 4) is 0 Å². The molecule has 0 aromatic rings. The maximum Gasteiger partial charge on any atom is 0.120 e.